The Labute approximate surface area is 53.8 Å². The predicted molar refractivity (Wildman–Crippen MR) is 34.8 cm³/mol. The van der Waals surface area contributed by atoms with Gasteiger partial charge in [0, 0.05) is 18.6 Å². The Morgan fingerprint density at radius 1 is 1.78 bits per heavy atom. The van der Waals surface area contributed by atoms with Gasteiger partial charge in [0.15, 0.2) is 0 Å². The van der Waals surface area contributed by atoms with Crippen LogP contribution in [0.1, 0.15) is 0 Å². The van der Waals surface area contributed by atoms with Crippen LogP contribution in [-0.4, -0.2) is 28.8 Å². The van der Waals surface area contributed by atoms with Crippen molar-refractivity contribution in [3.63, 3.8) is 0 Å². The van der Waals surface area contributed by atoms with Gasteiger partial charge in [-0.1, -0.05) is 0 Å². The molecule has 0 bridgehead atoms. The van der Waals surface area contributed by atoms with E-state index in [9.17, 15) is 9.00 Å². The molecule has 2 amide bonds. The van der Waals surface area contributed by atoms with E-state index >= 15 is 0 Å². The number of hydrogen-bond acceptors (Lipinski definition) is 2. The van der Waals surface area contributed by atoms with Crippen LogP contribution in [-0.2, 0) is 9.73 Å². The molecule has 0 aromatic heterocycles. The van der Waals surface area contributed by atoms with Crippen molar-refractivity contribution in [2.45, 2.75) is 0 Å². The van der Waals surface area contributed by atoms with Crippen LogP contribution < -0.4 is 5.32 Å². The predicted octanol–water partition coefficient (Wildman–Crippen LogP) is -0.193. The van der Waals surface area contributed by atoms with E-state index in [1.54, 1.807) is 0 Å². The van der Waals surface area contributed by atoms with E-state index in [1.165, 1.54) is 6.26 Å². The van der Waals surface area contributed by atoms with Crippen LogP contribution >= 0.6 is 0 Å². The van der Waals surface area contributed by atoms with Crippen molar-refractivity contribution in [3.05, 3.63) is 0 Å². The zero-order chi connectivity index (χ0) is 6.91. The van der Waals surface area contributed by atoms with Crippen LogP contribution in [0.15, 0.2) is 4.36 Å². The molecule has 0 aromatic rings. The third kappa shape index (κ3) is 1.67. The van der Waals surface area contributed by atoms with Gasteiger partial charge >= 0.3 is 6.03 Å². The summed E-state index contributed by atoms with van der Waals surface area (Å²) in [5.41, 5.74) is 0. The maximum absolute atomic E-state index is 11.0. The lowest BCUT2D eigenvalue weighted by Gasteiger charge is -2.09. The first kappa shape index (κ1) is 6.54. The molecule has 9 heavy (non-hydrogen) atoms. The average Bonchev–Trinajstić information content (AvgIpc) is 1.60. The second-order valence-electron chi connectivity index (χ2n) is 1.99. The molecule has 1 unspecified atom stereocenters. The van der Waals surface area contributed by atoms with Gasteiger partial charge in [-0.2, -0.15) is 0 Å². The third-order valence-electron chi connectivity index (χ3n) is 1.03. The number of nitrogens with one attached hydrogen (secondary N) is 1. The van der Waals surface area contributed by atoms with Crippen LogP contribution in [0.4, 0.5) is 4.79 Å². The van der Waals surface area contributed by atoms with Crippen molar-refractivity contribution in [2.24, 2.45) is 4.36 Å². The van der Waals surface area contributed by atoms with Crippen molar-refractivity contribution >= 4 is 15.8 Å². The number of amides is 2. The highest BCUT2D eigenvalue weighted by Crippen LogP contribution is 1.95. The minimum absolute atomic E-state index is 0.450. The van der Waals surface area contributed by atoms with E-state index in [4.69, 9.17) is 0 Å². The topological polar surface area (TPSA) is 58.5 Å². The second kappa shape index (κ2) is 1.98. The Hall–Kier alpha value is -0.580. The van der Waals surface area contributed by atoms with Gasteiger partial charge in [-0.25, -0.2) is 9.00 Å². The second-order valence-corrected chi connectivity index (χ2v) is 4.50. The SMILES string of the molecule is CS1(=O)=NC(=O)NCC1. The molecule has 1 atom stereocenters. The molecule has 52 valence electrons. The number of hydrogen-bond donors (Lipinski definition) is 1. The van der Waals surface area contributed by atoms with Crippen molar-refractivity contribution < 1.29 is 9.00 Å². The molecule has 1 heterocycles. The summed E-state index contributed by atoms with van der Waals surface area (Å²) in [6.07, 6.45) is 1.49. The van der Waals surface area contributed by atoms with Crippen molar-refractivity contribution in [2.75, 3.05) is 18.6 Å². The highest BCUT2D eigenvalue weighted by Gasteiger charge is 2.11. The fourth-order valence-electron chi connectivity index (χ4n) is 0.601. The molecule has 1 aliphatic rings. The van der Waals surface area contributed by atoms with E-state index in [0.29, 0.717) is 12.3 Å². The Balaban J connectivity index is 2.98. The summed E-state index contributed by atoms with van der Waals surface area (Å²) in [6, 6.07) is -0.450. The molecular weight excluding hydrogens is 140 g/mol. The average molecular weight is 148 g/mol. The van der Waals surface area contributed by atoms with Crippen LogP contribution in [0.25, 0.3) is 0 Å². The summed E-state index contributed by atoms with van der Waals surface area (Å²) in [4.78, 5) is 10.4. The molecular formula is C4H8N2O2S. The zero-order valence-corrected chi connectivity index (χ0v) is 5.90. The maximum atomic E-state index is 11.0. The smallest absolute Gasteiger partial charge is 0.335 e. The quantitative estimate of drug-likeness (QED) is 0.517. The summed E-state index contributed by atoms with van der Waals surface area (Å²) in [7, 11) is -2.17. The van der Waals surface area contributed by atoms with Gasteiger partial charge in [-0.3, -0.25) is 0 Å². The van der Waals surface area contributed by atoms with Crippen LogP contribution in [0.3, 0.4) is 0 Å². The van der Waals surface area contributed by atoms with E-state index in [-0.39, 0.29) is 0 Å². The summed E-state index contributed by atoms with van der Waals surface area (Å²) in [6.45, 7) is 0.484. The Bertz CT molecular complexity index is 239. The van der Waals surface area contributed by atoms with E-state index < -0.39 is 15.8 Å². The molecule has 4 nitrogen and oxygen atoms in total. The zero-order valence-electron chi connectivity index (χ0n) is 5.09. The van der Waals surface area contributed by atoms with Crippen molar-refractivity contribution in [3.8, 4) is 0 Å². The van der Waals surface area contributed by atoms with Crippen LogP contribution in [0.5, 0.6) is 0 Å². The van der Waals surface area contributed by atoms with Gasteiger partial charge in [-0.15, -0.1) is 4.36 Å². The highest BCUT2D eigenvalue weighted by atomic mass is 32.2. The fourth-order valence-corrected chi connectivity index (χ4v) is 1.59. The molecule has 1 aliphatic heterocycles. The van der Waals surface area contributed by atoms with Crippen molar-refractivity contribution in [1.29, 1.82) is 0 Å². The standard InChI is InChI=1S/C4H8N2O2S/c1-9(8)3-2-5-4(7)6-9/h2-3H2,1H3,(H,5,7). The lowest BCUT2D eigenvalue weighted by atomic mass is 10.7. The van der Waals surface area contributed by atoms with E-state index in [0.717, 1.165) is 0 Å². The van der Waals surface area contributed by atoms with Gasteiger partial charge in [-0.05, 0) is 0 Å². The van der Waals surface area contributed by atoms with Crippen molar-refractivity contribution in [1.82, 2.24) is 5.32 Å². The number of rotatable bonds is 0. The molecule has 1 rings (SSSR count). The molecule has 0 aromatic carbocycles. The lowest BCUT2D eigenvalue weighted by Crippen LogP contribution is -2.32. The first-order valence-electron chi connectivity index (χ1n) is 2.58. The molecule has 1 N–H and O–H groups in total. The summed E-state index contributed by atoms with van der Waals surface area (Å²) in [5, 5.41) is 2.45. The van der Waals surface area contributed by atoms with Crippen LogP contribution in [0.2, 0.25) is 0 Å². The summed E-state index contributed by atoms with van der Waals surface area (Å²) in [5.74, 6) is 0.471. The molecule has 0 saturated heterocycles. The molecule has 5 heteroatoms. The Kier molecular flexibility index (Phi) is 1.44. The largest absolute Gasteiger partial charge is 0.349 e. The molecule has 0 radical (unpaired) electrons. The molecule has 0 fully saturated rings. The van der Waals surface area contributed by atoms with Gasteiger partial charge < -0.3 is 5.32 Å². The first-order chi connectivity index (χ1) is 4.10. The van der Waals surface area contributed by atoms with Gasteiger partial charge in [0.2, 0.25) is 0 Å². The van der Waals surface area contributed by atoms with Crippen LogP contribution in [0, 0.1) is 0 Å². The summed E-state index contributed by atoms with van der Waals surface area (Å²) < 4.78 is 14.4. The lowest BCUT2D eigenvalue weighted by molar-refractivity contribution is 0.249. The van der Waals surface area contributed by atoms with Gasteiger partial charge in [0.1, 0.15) is 0 Å². The molecule has 0 spiro atoms. The number of carbonyl (C=O) groups excluding carboxylic acids is 1. The minimum Gasteiger partial charge on any atom is -0.335 e. The maximum Gasteiger partial charge on any atom is 0.349 e. The molecule has 0 saturated carbocycles. The highest BCUT2D eigenvalue weighted by molar-refractivity contribution is 7.93. The third-order valence-corrected chi connectivity index (χ3v) is 2.55. The van der Waals surface area contributed by atoms with Gasteiger partial charge in [0.05, 0.1) is 9.73 Å². The number of carbonyl (C=O) groups is 1. The summed E-state index contributed by atoms with van der Waals surface area (Å²) >= 11 is 0. The van der Waals surface area contributed by atoms with E-state index in [2.05, 4.69) is 9.68 Å². The Morgan fingerprint density at radius 2 is 2.44 bits per heavy atom. The minimum atomic E-state index is -2.17. The number of urea groups is 1. The Morgan fingerprint density at radius 3 is 2.78 bits per heavy atom. The van der Waals surface area contributed by atoms with E-state index in [1.807, 2.05) is 0 Å². The number of nitrogens with zero attached hydrogens (tertiary/aromatic N) is 1. The normalized spacial score (nSPS) is 35.0. The van der Waals surface area contributed by atoms with Gasteiger partial charge in [0.25, 0.3) is 0 Å². The monoisotopic (exact) mass is 148 g/mol. The molecule has 0 aliphatic carbocycles. The fraction of sp³-hybridized carbons (Fsp3) is 0.750. The first-order valence-corrected chi connectivity index (χ1v) is 4.67.